The smallest absolute Gasteiger partial charge is 0.0468 e. The third-order valence-corrected chi connectivity index (χ3v) is 4.75. The Morgan fingerprint density at radius 3 is 2.71 bits per heavy atom. The minimum Gasteiger partial charge on any atom is -0.385 e. The molecule has 1 saturated carbocycles. The van der Waals surface area contributed by atoms with Crippen LogP contribution in [-0.4, -0.2) is 50.8 Å². The van der Waals surface area contributed by atoms with E-state index in [-0.39, 0.29) is 0 Å². The molecule has 3 nitrogen and oxygen atoms in total. The molecule has 1 N–H and O–H groups in total. The molecule has 17 heavy (non-hydrogen) atoms. The van der Waals surface area contributed by atoms with Crippen LogP contribution < -0.4 is 5.32 Å². The zero-order chi connectivity index (χ0) is 12.3. The highest BCUT2D eigenvalue weighted by Crippen LogP contribution is 2.49. The molecule has 2 fully saturated rings. The molecule has 2 rings (SSSR count). The van der Waals surface area contributed by atoms with Gasteiger partial charge in [0.05, 0.1) is 0 Å². The van der Waals surface area contributed by atoms with Crippen molar-refractivity contribution in [2.24, 2.45) is 5.41 Å². The van der Waals surface area contributed by atoms with Crippen LogP contribution in [0.1, 0.15) is 39.0 Å². The molecule has 2 atom stereocenters. The van der Waals surface area contributed by atoms with Gasteiger partial charge in [0, 0.05) is 32.3 Å². The van der Waals surface area contributed by atoms with Crippen molar-refractivity contribution in [3.63, 3.8) is 0 Å². The van der Waals surface area contributed by atoms with Crippen molar-refractivity contribution in [2.75, 3.05) is 33.9 Å². The van der Waals surface area contributed by atoms with E-state index in [0.29, 0.717) is 5.41 Å². The van der Waals surface area contributed by atoms with Gasteiger partial charge in [0.1, 0.15) is 0 Å². The maximum atomic E-state index is 5.24. The molecule has 0 amide bonds. The van der Waals surface area contributed by atoms with Gasteiger partial charge in [0.25, 0.3) is 0 Å². The fourth-order valence-electron chi connectivity index (χ4n) is 3.13. The molecule has 0 aromatic heterocycles. The van der Waals surface area contributed by atoms with E-state index in [4.69, 9.17) is 4.74 Å². The van der Waals surface area contributed by atoms with Crippen LogP contribution in [0.2, 0.25) is 0 Å². The minimum atomic E-state index is 0.608. The van der Waals surface area contributed by atoms with Gasteiger partial charge >= 0.3 is 0 Å². The van der Waals surface area contributed by atoms with Crippen molar-refractivity contribution in [2.45, 2.75) is 51.1 Å². The number of nitrogens with zero attached hydrogens (tertiary/aromatic N) is 1. The molecule has 100 valence electrons. The predicted octanol–water partition coefficient (Wildman–Crippen LogP) is 1.88. The first-order chi connectivity index (χ1) is 8.19. The molecule has 0 bridgehead atoms. The molecule has 0 spiro atoms. The number of nitrogens with one attached hydrogen (secondary N) is 1. The largest absolute Gasteiger partial charge is 0.385 e. The zero-order valence-corrected chi connectivity index (χ0v) is 11.7. The van der Waals surface area contributed by atoms with Crippen molar-refractivity contribution in [1.82, 2.24) is 10.2 Å². The Hall–Kier alpha value is -0.120. The van der Waals surface area contributed by atoms with E-state index in [9.17, 15) is 0 Å². The van der Waals surface area contributed by atoms with Gasteiger partial charge in [-0.2, -0.15) is 0 Å². The maximum absolute atomic E-state index is 5.24. The van der Waals surface area contributed by atoms with Crippen LogP contribution in [0.25, 0.3) is 0 Å². The van der Waals surface area contributed by atoms with Gasteiger partial charge in [0.15, 0.2) is 0 Å². The van der Waals surface area contributed by atoms with E-state index < -0.39 is 0 Å². The second-order valence-corrected chi connectivity index (χ2v) is 6.07. The van der Waals surface area contributed by atoms with Crippen LogP contribution in [0, 0.1) is 5.41 Å². The van der Waals surface area contributed by atoms with Crippen LogP contribution in [0.15, 0.2) is 0 Å². The lowest BCUT2D eigenvalue weighted by Gasteiger charge is -2.39. The molecule has 3 heteroatoms. The van der Waals surface area contributed by atoms with Gasteiger partial charge in [0.2, 0.25) is 0 Å². The Morgan fingerprint density at radius 2 is 2.18 bits per heavy atom. The van der Waals surface area contributed by atoms with Gasteiger partial charge in [-0.15, -0.1) is 0 Å². The van der Waals surface area contributed by atoms with Crippen molar-refractivity contribution < 1.29 is 4.74 Å². The van der Waals surface area contributed by atoms with Crippen molar-refractivity contribution in [3.8, 4) is 0 Å². The summed E-state index contributed by atoms with van der Waals surface area (Å²) in [5.74, 6) is 0. The number of hydrogen-bond acceptors (Lipinski definition) is 3. The molecule has 1 saturated heterocycles. The number of methoxy groups -OCH3 is 1. The first-order valence-corrected chi connectivity index (χ1v) is 7.09. The Bertz CT molecular complexity index is 240. The minimum absolute atomic E-state index is 0.608. The van der Waals surface area contributed by atoms with E-state index in [1.807, 2.05) is 7.11 Å². The maximum Gasteiger partial charge on any atom is 0.0468 e. The Labute approximate surface area is 106 Å². The molecule has 2 unspecified atom stereocenters. The highest BCUT2D eigenvalue weighted by Gasteiger charge is 2.44. The average Bonchev–Trinajstić information content (AvgIpc) is 3.10. The monoisotopic (exact) mass is 240 g/mol. The van der Waals surface area contributed by atoms with E-state index in [0.717, 1.165) is 18.7 Å². The lowest BCUT2D eigenvalue weighted by atomic mass is 9.94. The van der Waals surface area contributed by atoms with Crippen LogP contribution >= 0.6 is 0 Å². The lowest BCUT2D eigenvalue weighted by Crippen LogP contribution is -2.48. The fourth-order valence-corrected chi connectivity index (χ4v) is 3.13. The summed E-state index contributed by atoms with van der Waals surface area (Å²) in [7, 11) is 3.91. The summed E-state index contributed by atoms with van der Waals surface area (Å²) in [4.78, 5) is 2.70. The Kier molecular flexibility index (Phi) is 4.45. The third-order valence-electron chi connectivity index (χ3n) is 4.75. The standard InChI is InChI=1S/C14H28N2O/c1-12-10-13(15-2)4-8-16(12)11-14(5-6-14)7-9-17-3/h12-13,15H,4-11H2,1-3H3. The topological polar surface area (TPSA) is 24.5 Å². The van der Waals surface area contributed by atoms with Crippen LogP contribution in [0.3, 0.4) is 0 Å². The summed E-state index contributed by atoms with van der Waals surface area (Å²) in [6.45, 7) is 5.88. The summed E-state index contributed by atoms with van der Waals surface area (Å²) < 4.78 is 5.24. The van der Waals surface area contributed by atoms with E-state index >= 15 is 0 Å². The molecule has 1 aliphatic carbocycles. The summed E-state index contributed by atoms with van der Waals surface area (Å²) >= 11 is 0. The van der Waals surface area contributed by atoms with E-state index in [1.54, 1.807) is 0 Å². The highest BCUT2D eigenvalue weighted by atomic mass is 16.5. The molecule has 0 aromatic rings. The van der Waals surface area contributed by atoms with Gasteiger partial charge in [-0.05, 0) is 58.0 Å². The molecule has 1 heterocycles. The summed E-state index contributed by atoms with van der Waals surface area (Å²) in [6, 6.07) is 1.47. The second kappa shape index (κ2) is 5.68. The molecular formula is C14H28N2O. The molecule has 0 aromatic carbocycles. The first-order valence-electron chi connectivity index (χ1n) is 7.09. The summed E-state index contributed by atoms with van der Waals surface area (Å²) in [5, 5.41) is 3.42. The van der Waals surface area contributed by atoms with E-state index in [2.05, 4.69) is 24.2 Å². The molecule has 2 aliphatic rings. The number of hydrogen-bond donors (Lipinski definition) is 1. The zero-order valence-electron chi connectivity index (χ0n) is 11.7. The second-order valence-electron chi connectivity index (χ2n) is 6.07. The molecule has 0 radical (unpaired) electrons. The highest BCUT2D eigenvalue weighted by molar-refractivity contribution is 4.97. The Morgan fingerprint density at radius 1 is 1.41 bits per heavy atom. The number of piperidine rings is 1. The van der Waals surface area contributed by atoms with Crippen LogP contribution in [0.4, 0.5) is 0 Å². The average molecular weight is 240 g/mol. The van der Waals surface area contributed by atoms with Crippen molar-refractivity contribution in [1.29, 1.82) is 0 Å². The third kappa shape index (κ3) is 3.43. The summed E-state index contributed by atoms with van der Waals surface area (Å²) in [5.41, 5.74) is 0.608. The van der Waals surface area contributed by atoms with Crippen molar-refractivity contribution in [3.05, 3.63) is 0 Å². The normalized spacial score (nSPS) is 32.6. The first kappa shape index (κ1) is 13.3. The summed E-state index contributed by atoms with van der Waals surface area (Å²) in [6.07, 6.45) is 6.68. The number of rotatable bonds is 6. The molecular weight excluding hydrogens is 212 g/mol. The van der Waals surface area contributed by atoms with Gasteiger partial charge in [-0.1, -0.05) is 0 Å². The van der Waals surface area contributed by atoms with Crippen LogP contribution in [-0.2, 0) is 4.74 Å². The van der Waals surface area contributed by atoms with Gasteiger partial charge < -0.3 is 10.1 Å². The lowest BCUT2D eigenvalue weighted by molar-refractivity contribution is 0.0947. The van der Waals surface area contributed by atoms with Crippen LogP contribution in [0.5, 0.6) is 0 Å². The van der Waals surface area contributed by atoms with Crippen molar-refractivity contribution >= 4 is 0 Å². The predicted molar refractivity (Wildman–Crippen MR) is 71.3 cm³/mol. The molecule has 1 aliphatic heterocycles. The number of likely N-dealkylation sites (tertiary alicyclic amines) is 1. The number of ether oxygens (including phenoxy) is 1. The fraction of sp³-hybridized carbons (Fsp3) is 1.00. The quantitative estimate of drug-likeness (QED) is 0.767. The van der Waals surface area contributed by atoms with E-state index in [1.165, 1.54) is 45.2 Å². The Balaban J connectivity index is 1.79. The van der Waals surface area contributed by atoms with Gasteiger partial charge in [-0.25, -0.2) is 0 Å². The SMILES string of the molecule is CNC1CCN(CC2(CCOC)CC2)C(C)C1. The van der Waals surface area contributed by atoms with Gasteiger partial charge in [-0.3, -0.25) is 4.90 Å².